The van der Waals surface area contributed by atoms with Gasteiger partial charge in [-0.05, 0) is 43.1 Å². The van der Waals surface area contributed by atoms with Gasteiger partial charge >= 0.3 is 6.03 Å². The molecule has 4 aliphatic rings. The van der Waals surface area contributed by atoms with Gasteiger partial charge in [0.05, 0.1) is 0 Å². The molecule has 0 aromatic carbocycles. The van der Waals surface area contributed by atoms with Crippen molar-refractivity contribution in [2.75, 3.05) is 31.1 Å². The van der Waals surface area contributed by atoms with Gasteiger partial charge in [0.25, 0.3) is 5.91 Å². The summed E-state index contributed by atoms with van der Waals surface area (Å²) < 4.78 is 0. The molecule has 1 unspecified atom stereocenters. The molecule has 126 valence electrons. The number of hydrogen-bond donors (Lipinski definition) is 1. The maximum atomic E-state index is 12.8. The Hall–Kier alpha value is -1.24. The summed E-state index contributed by atoms with van der Waals surface area (Å²) in [6, 6.07) is -0.269. The van der Waals surface area contributed by atoms with E-state index in [0.29, 0.717) is 25.4 Å². The average molecular weight is 337 g/mol. The van der Waals surface area contributed by atoms with Gasteiger partial charge in [-0.15, -0.1) is 0 Å². The molecule has 3 aliphatic heterocycles. The van der Waals surface area contributed by atoms with Crippen LogP contribution in [-0.4, -0.2) is 64.3 Å². The van der Waals surface area contributed by atoms with E-state index in [1.165, 1.54) is 17.7 Å². The molecule has 23 heavy (non-hydrogen) atoms. The highest BCUT2D eigenvalue weighted by molar-refractivity contribution is 7.99. The van der Waals surface area contributed by atoms with Crippen molar-refractivity contribution in [3.63, 3.8) is 0 Å². The molecule has 0 radical (unpaired) electrons. The molecule has 3 heterocycles. The first-order valence-electron chi connectivity index (χ1n) is 8.57. The molecular formula is C16H23N3O3S. The molecule has 0 aromatic rings. The third-order valence-electron chi connectivity index (χ3n) is 5.50. The fourth-order valence-electron chi connectivity index (χ4n) is 3.92. The Labute approximate surface area is 140 Å². The minimum absolute atomic E-state index is 0.0732. The van der Waals surface area contributed by atoms with Gasteiger partial charge in [0, 0.05) is 32.0 Å². The number of amides is 4. The summed E-state index contributed by atoms with van der Waals surface area (Å²) in [5, 5.41) is 2.93. The van der Waals surface area contributed by atoms with E-state index >= 15 is 0 Å². The quantitative estimate of drug-likeness (QED) is 0.779. The fourth-order valence-corrected chi connectivity index (χ4v) is 5.11. The summed E-state index contributed by atoms with van der Waals surface area (Å²) in [6.45, 7) is 1.93. The molecule has 1 aliphatic carbocycles. The van der Waals surface area contributed by atoms with Gasteiger partial charge in [-0.3, -0.25) is 14.5 Å². The Morgan fingerprint density at radius 3 is 2.52 bits per heavy atom. The second-order valence-electron chi connectivity index (χ2n) is 7.35. The lowest BCUT2D eigenvalue weighted by atomic mass is 9.92. The molecule has 1 saturated carbocycles. The summed E-state index contributed by atoms with van der Waals surface area (Å²) in [4.78, 5) is 40.4. The zero-order valence-corrected chi connectivity index (χ0v) is 14.1. The van der Waals surface area contributed by atoms with Crippen LogP contribution in [0.25, 0.3) is 0 Å². The highest BCUT2D eigenvalue weighted by Gasteiger charge is 2.52. The number of urea groups is 1. The molecule has 1 atom stereocenters. The van der Waals surface area contributed by atoms with E-state index < -0.39 is 5.54 Å². The van der Waals surface area contributed by atoms with Crippen LogP contribution in [0.15, 0.2) is 0 Å². The number of likely N-dealkylation sites (tertiary alicyclic amines) is 1. The van der Waals surface area contributed by atoms with E-state index in [0.717, 1.165) is 30.9 Å². The Morgan fingerprint density at radius 1 is 1.09 bits per heavy atom. The lowest BCUT2D eigenvalue weighted by molar-refractivity contribution is -0.132. The Bertz CT molecular complexity index is 543. The van der Waals surface area contributed by atoms with E-state index in [-0.39, 0.29) is 23.8 Å². The van der Waals surface area contributed by atoms with Crippen LogP contribution in [0, 0.1) is 11.8 Å². The highest BCUT2D eigenvalue weighted by Crippen LogP contribution is 2.35. The monoisotopic (exact) mass is 337 g/mol. The zero-order chi connectivity index (χ0) is 16.0. The molecular weight excluding hydrogens is 314 g/mol. The minimum atomic E-state index is -0.668. The van der Waals surface area contributed by atoms with Crippen LogP contribution in [0.5, 0.6) is 0 Å². The van der Waals surface area contributed by atoms with Gasteiger partial charge in [0.1, 0.15) is 5.54 Å². The van der Waals surface area contributed by atoms with Crippen molar-refractivity contribution < 1.29 is 14.4 Å². The van der Waals surface area contributed by atoms with E-state index in [2.05, 4.69) is 5.32 Å². The Morgan fingerprint density at radius 2 is 1.83 bits per heavy atom. The zero-order valence-electron chi connectivity index (χ0n) is 13.3. The van der Waals surface area contributed by atoms with Gasteiger partial charge in [0.15, 0.2) is 0 Å². The van der Waals surface area contributed by atoms with Crippen molar-refractivity contribution >= 4 is 29.6 Å². The van der Waals surface area contributed by atoms with E-state index in [4.69, 9.17) is 0 Å². The number of carbonyl (C=O) groups excluding carboxylic acids is 3. The first kappa shape index (κ1) is 15.3. The highest BCUT2D eigenvalue weighted by atomic mass is 32.2. The van der Waals surface area contributed by atoms with Crippen LogP contribution in [0.1, 0.15) is 32.1 Å². The summed E-state index contributed by atoms with van der Waals surface area (Å²) in [5.74, 6) is 2.70. The van der Waals surface area contributed by atoms with Gasteiger partial charge in [0.2, 0.25) is 5.91 Å². The number of hydrogen-bond acceptors (Lipinski definition) is 4. The van der Waals surface area contributed by atoms with Crippen LogP contribution in [0.3, 0.4) is 0 Å². The fraction of sp³-hybridized carbons (Fsp3) is 0.812. The maximum Gasteiger partial charge on any atom is 0.325 e. The number of imide groups is 1. The minimum Gasteiger partial charge on any atom is -0.342 e. The number of carbonyl (C=O) groups is 3. The van der Waals surface area contributed by atoms with Crippen LogP contribution in [0.4, 0.5) is 4.79 Å². The number of nitrogens with zero attached hydrogens (tertiary/aromatic N) is 2. The number of thioether (sulfide) groups is 1. The van der Waals surface area contributed by atoms with E-state index in [9.17, 15) is 14.4 Å². The molecule has 4 amide bonds. The predicted octanol–water partition coefficient (Wildman–Crippen LogP) is 1.06. The van der Waals surface area contributed by atoms with Crippen LogP contribution >= 0.6 is 11.8 Å². The van der Waals surface area contributed by atoms with Crippen molar-refractivity contribution in [1.82, 2.24) is 15.1 Å². The van der Waals surface area contributed by atoms with Crippen molar-refractivity contribution in [3.05, 3.63) is 0 Å². The Kier molecular flexibility index (Phi) is 3.78. The van der Waals surface area contributed by atoms with Crippen molar-refractivity contribution in [1.29, 1.82) is 0 Å². The van der Waals surface area contributed by atoms with E-state index in [1.807, 2.05) is 16.7 Å². The normalized spacial score (nSPS) is 30.4. The smallest absolute Gasteiger partial charge is 0.325 e. The lowest BCUT2D eigenvalue weighted by Gasteiger charge is -2.30. The molecule has 0 aromatic heterocycles. The lowest BCUT2D eigenvalue weighted by Crippen LogP contribution is -2.49. The van der Waals surface area contributed by atoms with Crippen molar-refractivity contribution in [2.24, 2.45) is 11.8 Å². The molecule has 0 bridgehead atoms. The molecule has 1 N–H and O–H groups in total. The first-order chi connectivity index (χ1) is 11.1. The molecule has 4 rings (SSSR count). The number of nitrogens with one attached hydrogen (secondary N) is 1. The van der Waals surface area contributed by atoms with Gasteiger partial charge < -0.3 is 10.2 Å². The standard InChI is InChI=1S/C16H23N3O3S/c20-13-7-12(9-18(13)8-11-1-2-11)10-19-14(21)16(17-15(19)22)3-5-23-6-4-16/h11-12H,1-10H2,(H,17,22). The summed E-state index contributed by atoms with van der Waals surface area (Å²) in [5.41, 5.74) is -0.668. The largest absolute Gasteiger partial charge is 0.342 e. The molecule has 7 heteroatoms. The van der Waals surface area contributed by atoms with Gasteiger partial charge in [-0.2, -0.15) is 11.8 Å². The molecule has 6 nitrogen and oxygen atoms in total. The first-order valence-corrected chi connectivity index (χ1v) is 9.72. The van der Waals surface area contributed by atoms with Crippen LogP contribution in [-0.2, 0) is 9.59 Å². The van der Waals surface area contributed by atoms with Crippen molar-refractivity contribution in [2.45, 2.75) is 37.6 Å². The number of rotatable bonds is 4. The summed E-state index contributed by atoms with van der Waals surface area (Å²) >= 11 is 1.83. The van der Waals surface area contributed by atoms with Gasteiger partial charge in [-0.1, -0.05) is 0 Å². The van der Waals surface area contributed by atoms with Crippen LogP contribution < -0.4 is 5.32 Å². The van der Waals surface area contributed by atoms with Crippen molar-refractivity contribution in [3.8, 4) is 0 Å². The topological polar surface area (TPSA) is 69.7 Å². The maximum absolute atomic E-state index is 12.8. The molecule has 3 saturated heterocycles. The third kappa shape index (κ3) is 2.84. The van der Waals surface area contributed by atoms with E-state index in [1.54, 1.807) is 0 Å². The second-order valence-corrected chi connectivity index (χ2v) is 8.58. The third-order valence-corrected chi connectivity index (χ3v) is 6.49. The molecule has 1 spiro atoms. The SMILES string of the molecule is O=C1CC(CN2C(=O)NC3(CCSCC3)C2=O)CN1CC1CC1. The van der Waals surface area contributed by atoms with Crippen LogP contribution in [0.2, 0.25) is 0 Å². The Balaban J connectivity index is 1.39. The second kappa shape index (κ2) is 5.69. The van der Waals surface area contributed by atoms with Gasteiger partial charge in [-0.25, -0.2) is 4.79 Å². The summed E-state index contributed by atoms with van der Waals surface area (Å²) in [6.07, 6.45) is 4.35. The average Bonchev–Trinajstić information content (AvgIpc) is 3.24. The summed E-state index contributed by atoms with van der Waals surface area (Å²) in [7, 11) is 0. The predicted molar refractivity (Wildman–Crippen MR) is 86.9 cm³/mol. The molecule has 4 fully saturated rings.